The molecule has 0 saturated heterocycles. The van der Waals surface area contributed by atoms with Gasteiger partial charge >= 0.3 is 0 Å². The molecule has 0 aliphatic heterocycles. The smallest absolute Gasteiger partial charge is 0.131 e. The second-order valence-corrected chi connectivity index (χ2v) is 7.74. The average molecular weight is 357 g/mol. The van der Waals surface area contributed by atoms with Crippen LogP contribution in [0.4, 0.5) is 4.39 Å². The average Bonchev–Trinajstić information content (AvgIpc) is 2.74. The third kappa shape index (κ3) is 4.96. The molecule has 26 heavy (non-hydrogen) atoms. The van der Waals surface area contributed by atoms with Gasteiger partial charge in [-0.1, -0.05) is 88.7 Å². The summed E-state index contributed by atoms with van der Waals surface area (Å²) in [5.41, 5.74) is 1.56. The van der Waals surface area contributed by atoms with Crippen LogP contribution in [0.2, 0.25) is 0 Å². The van der Waals surface area contributed by atoms with Gasteiger partial charge in [-0.2, -0.15) is 0 Å². The third-order valence-corrected chi connectivity index (χ3v) is 5.85. The quantitative estimate of drug-likeness (QED) is 0.479. The molecule has 1 saturated carbocycles. The van der Waals surface area contributed by atoms with E-state index in [-0.39, 0.29) is 29.7 Å². The molecule has 0 unspecified atom stereocenters. The highest BCUT2D eigenvalue weighted by molar-refractivity contribution is 5.64. The van der Waals surface area contributed by atoms with E-state index in [1.807, 2.05) is 6.07 Å². The van der Waals surface area contributed by atoms with Gasteiger partial charge in [-0.05, 0) is 53.8 Å². The summed E-state index contributed by atoms with van der Waals surface area (Å²) in [5, 5.41) is 0. The fourth-order valence-corrected chi connectivity index (χ4v) is 4.06. The minimum atomic E-state index is -0.766. The van der Waals surface area contributed by atoms with Crippen LogP contribution in [0.1, 0.15) is 75.4 Å². The van der Waals surface area contributed by atoms with E-state index >= 15 is 4.39 Å². The van der Waals surface area contributed by atoms with Gasteiger partial charge in [0.15, 0.2) is 0 Å². The summed E-state index contributed by atoms with van der Waals surface area (Å²) in [5.74, 6) is 0.617. The van der Waals surface area contributed by atoms with Gasteiger partial charge in [0.1, 0.15) is 5.82 Å². The van der Waals surface area contributed by atoms with E-state index in [1.165, 1.54) is 32.1 Å². The first-order valence-electron chi connectivity index (χ1n) is 12.2. The molecule has 2 aromatic rings. The van der Waals surface area contributed by atoms with Crippen molar-refractivity contribution in [3.8, 4) is 11.1 Å². The number of halogens is 1. The molecule has 1 aliphatic rings. The van der Waals surface area contributed by atoms with Crippen molar-refractivity contribution >= 4 is 0 Å². The topological polar surface area (TPSA) is 0 Å². The summed E-state index contributed by atoms with van der Waals surface area (Å²) in [6, 6.07) is 4.82. The first-order valence-corrected chi connectivity index (χ1v) is 10.2. The maximum atomic E-state index is 15.2. The van der Waals surface area contributed by atoms with E-state index in [0.717, 1.165) is 30.7 Å². The first-order chi connectivity index (χ1) is 14.4. The van der Waals surface area contributed by atoms with Crippen LogP contribution in [0.3, 0.4) is 0 Å². The van der Waals surface area contributed by atoms with E-state index in [0.29, 0.717) is 23.5 Å². The second-order valence-electron chi connectivity index (χ2n) is 7.74. The summed E-state index contributed by atoms with van der Waals surface area (Å²) in [6.07, 6.45) is 9.16. The Balaban J connectivity index is 1.85. The molecule has 0 heterocycles. The van der Waals surface area contributed by atoms with E-state index < -0.39 is 5.82 Å². The summed E-state index contributed by atoms with van der Waals surface area (Å²) in [7, 11) is 0. The summed E-state index contributed by atoms with van der Waals surface area (Å²) >= 11 is 0. The van der Waals surface area contributed by atoms with Crippen molar-refractivity contribution < 1.29 is 9.87 Å². The number of rotatable bonds is 7. The van der Waals surface area contributed by atoms with Crippen LogP contribution in [-0.2, 0) is 12.8 Å². The van der Waals surface area contributed by atoms with Crippen molar-refractivity contribution in [1.29, 1.82) is 0 Å². The number of benzene rings is 2. The second kappa shape index (κ2) is 9.35. The number of hydrogen-bond acceptors (Lipinski definition) is 0. The van der Waals surface area contributed by atoms with E-state index in [1.54, 1.807) is 12.1 Å². The van der Waals surface area contributed by atoms with Crippen LogP contribution < -0.4 is 0 Å². The van der Waals surface area contributed by atoms with E-state index in [4.69, 9.17) is 5.48 Å². The summed E-state index contributed by atoms with van der Waals surface area (Å²) in [6.45, 7) is 4.30. The van der Waals surface area contributed by atoms with Crippen LogP contribution in [0.25, 0.3) is 11.1 Å². The molecule has 1 aliphatic carbocycles. The lowest BCUT2D eigenvalue weighted by Gasteiger charge is -2.27. The van der Waals surface area contributed by atoms with Crippen molar-refractivity contribution in [2.45, 2.75) is 71.6 Å². The molecule has 140 valence electrons. The number of aryl methyl sites for hydroxylation is 1. The fourth-order valence-electron chi connectivity index (χ4n) is 4.06. The molecular formula is C25H33F. The zero-order valence-electron chi connectivity index (χ0n) is 20.1. The highest BCUT2D eigenvalue weighted by Crippen LogP contribution is 2.33. The predicted molar refractivity (Wildman–Crippen MR) is 110 cm³/mol. The predicted octanol–water partition coefficient (Wildman–Crippen LogP) is 7.59. The van der Waals surface area contributed by atoms with Crippen LogP contribution >= 0.6 is 0 Å². The van der Waals surface area contributed by atoms with E-state index in [2.05, 4.69) is 13.8 Å². The fraction of sp³-hybridized carbons (Fsp3) is 0.520. The van der Waals surface area contributed by atoms with Gasteiger partial charge < -0.3 is 0 Å². The molecular weight excluding hydrogens is 319 g/mol. The molecule has 0 aromatic heterocycles. The maximum Gasteiger partial charge on any atom is 0.131 e. The first kappa shape index (κ1) is 14.4. The Morgan fingerprint density at radius 1 is 0.923 bits per heavy atom. The van der Waals surface area contributed by atoms with Gasteiger partial charge in [0, 0.05) is 5.56 Å². The molecule has 3 rings (SSSR count). The Bertz CT molecular complexity index is 856. The third-order valence-electron chi connectivity index (χ3n) is 5.85. The van der Waals surface area contributed by atoms with Crippen LogP contribution in [0.15, 0.2) is 42.4 Å². The zero-order chi connectivity index (χ0) is 21.8. The monoisotopic (exact) mass is 356 g/mol. The van der Waals surface area contributed by atoms with Gasteiger partial charge in [0.2, 0.25) is 0 Å². The van der Waals surface area contributed by atoms with Gasteiger partial charge in [-0.25, -0.2) is 4.39 Å². The lowest BCUT2D eigenvalue weighted by atomic mass is 9.78. The molecule has 0 amide bonds. The van der Waals surface area contributed by atoms with Gasteiger partial charge in [0.05, 0.1) is 5.48 Å². The van der Waals surface area contributed by atoms with Crippen LogP contribution in [0.5, 0.6) is 0 Å². The Morgan fingerprint density at radius 3 is 2.38 bits per heavy atom. The van der Waals surface area contributed by atoms with Crippen LogP contribution in [-0.4, -0.2) is 0 Å². The molecule has 2 aromatic carbocycles. The standard InChI is InChI=1S/C25H33F/c1-3-5-20-12-15-23(16-13-20)24-17-14-22(18-25(24)26)11-10-21-8-6-19(4-2)7-9-21/h12-19,21H,3-11H2,1-2H3/i14D,15D,17D,18D. The molecule has 0 bridgehead atoms. The largest absolute Gasteiger partial charge is 0.206 e. The summed E-state index contributed by atoms with van der Waals surface area (Å²) < 4.78 is 48.7. The van der Waals surface area contributed by atoms with Gasteiger partial charge in [0.25, 0.3) is 0 Å². The summed E-state index contributed by atoms with van der Waals surface area (Å²) in [4.78, 5) is 0. The van der Waals surface area contributed by atoms with Gasteiger partial charge in [-0.15, -0.1) is 0 Å². The molecule has 1 heteroatoms. The molecule has 0 atom stereocenters. The normalized spacial score (nSPS) is 22.4. The minimum absolute atomic E-state index is 0.0596. The highest BCUT2D eigenvalue weighted by Gasteiger charge is 2.19. The van der Waals surface area contributed by atoms with Crippen molar-refractivity contribution in [2.75, 3.05) is 0 Å². The molecule has 0 radical (unpaired) electrons. The van der Waals surface area contributed by atoms with E-state index in [9.17, 15) is 0 Å². The Morgan fingerprint density at radius 2 is 1.69 bits per heavy atom. The molecule has 1 fully saturated rings. The van der Waals surface area contributed by atoms with Crippen molar-refractivity contribution in [3.05, 3.63) is 59.3 Å². The Labute approximate surface area is 164 Å². The Hall–Kier alpha value is -1.63. The van der Waals surface area contributed by atoms with Crippen molar-refractivity contribution in [3.63, 3.8) is 0 Å². The van der Waals surface area contributed by atoms with Gasteiger partial charge in [-0.3, -0.25) is 0 Å². The van der Waals surface area contributed by atoms with Crippen molar-refractivity contribution in [2.24, 2.45) is 11.8 Å². The Kier molecular flexibility index (Phi) is 5.19. The molecule has 0 nitrogen and oxygen atoms in total. The lowest BCUT2D eigenvalue weighted by Crippen LogP contribution is -2.14. The molecule has 0 N–H and O–H groups in total. The SMILES string of the molecule is [2H]c1cc(CCC)ccc1-c1c([2H])c([2H])c(CCC2CCC(CC)CC2)c([2H])c1F. The highest BCUT2D eigenvalue weighted by atomic mass is 19.1. The zero-order valence-corrected chi connectivity index (χ0v) is 16.1. The maximum absolute atomic E-state index is 15.2. The number of hydrogen-bond donors (Lipinski definition) is 0. The van der Waals surface area contributed by atoms with Crippen LogP contribution in [0, 0.1) is 17.7 Å². The minimum Gasteiger partial charge on any atom is -0.206 e. The van der Waals surface area contributed by atoms with Crippen molar-refractivity contribution in [1.82, 2.24) is 0 Å². The lowest BCUT2D eigenvalue weighted by molar-refractivity contribution is 0.259. The molecule has 0 spiro atoms.